The van der Waals surface area contributed by atoms with E-state index in [2.05, 4.69) is 12.2 Å². The van der Waals surface area contributed by atoms with E-state index in [9.17, 15) is 0 Å². The minimum atomic E-state index is 0.205. The Morgan fingerprint density at radius 1 is 1.08 bits per heavy atom. The van der Waals surface area contributed by atoms with Gasteiger partial charge in [-0.2, -0.15) is 0 Å². The van der Waals surface area contributed by atoms with E-state index in [-0.39, 0.29) is 6.17 Å². The molecule has 2 heteroatoms. The van der Waals surface area contributed by atoms with Crippen molar-refractivity contribution >= 4 is 0 Å². The Bertz CT molecular complexity index is 83.9. The van der Waals surface area contributed by atoms with Gasteiger partial charge in [0.15, 0.2) is 0 Å². The van der Waals surface area contributed by atoms with E-state index in [0.29, 0.717) is 0 Å². The average molecular weight is 172 g/mol. The zero-order valence-electron chi connectivity index (χ0n) is 8.60. The smallest absolute Gasteiger partial charge is 0.0543 e. The maximum absolute atomic E-state index is 5.70. The minimum absolute atomic E-state index is 0.205. The highest BCUT2D eigenvalue weighted by atomic mass is 15.0. The standard InChI is InChI=1S/C10H24N2/c1-3-4-5-6-7-8-9-10(11)12-2/h10,12H,3-9,11H2,1-2H3. The zero-order valence-corrected chi connectivity index (χ0v) is 8.60. The third kappa shape index (κ3) is 8.02. The van der Waals surface area contributed by atoms with E-state index in [1.165, 1.54) is 38.5 Å². The number of hydrogen-bond acceptors (Lipinski definition) is 2. The molecular formula is C10H24N2. The second-order valence-electron chi connectivity index (χ2n) is 3.45. The van der Waals surface area contributed by atoms with Gasteiger partial charge in [-0.1, -0.05) is 45.4 Å². The van der Waals surface area contributed by atoms with Gasteiger partial charge in [0.1, 0.15) is 0 Å². The highest BCUT2D eigenvalue weighted by Gasteiger charge is 1.96. The molecule has 0 rings (SSSR count). The Balaban J connectivity index is 2.90. The largest absolute Gasteiger partial charge is 0.316 e. The van der Waals surface area contributed by atoms with Crippen LogP contribution >= 0.6 is 0 Å². The fourth-order valence-electron chi connectivity index (χ4n) is 1.29. The molecule has 0 amide bonds. The van der Waals surface area contributed by atoms with E-state index >= 15 is 0 Å². The van der Waals surface area contributed by atoms with Gasteiger partial charge in [-0.25, -0.2) is 0 Å². The van der Waals surface area contributed by atoms with E-state index < -0.39 is 0 Å². The van der Waals surface area contributed by atoms with Crippen molar-refractivity contribution in [1.82, 2.24) is 5.32 Å². The van der Waals surface area contributed by atoms with Crippen molar-refractivity contribution in [3.8, 4) is 0 Å². The molecular weight excluding hydrogens is 148 g/mol. The van der Waals surface area contributed by atoms with Crippen LogP contribution in [-0.2, 0) is 0 Å². The summed E-state index contributed by atoms with van der Waals surface area (Å²) in [5, 5.41) is 3.04. The van der Waals surface area contributed by atoms with Crippen molar-refractivity contribution in [2.75, 3.05) is 7.05 Å². The maximum atomic E-state index is 5.70. The molecule has 0 bridgehead atoms. The van der Waals surface area contributed by atoms with Crippen LogP contribution < -0.4 is 11.1 Å². The summed E-state index contributed by atoms with van der Waals surface area (Å²) in [6, 6.07) is 0. The summed E-state index contributed by atoms with van der Waals surface area (Å²) in [6.07, 6.45) is 9.42. The molecule has 3 N–H and O–H groups in total. The van der Waals surface area contributed by atoms with Crippen LogP contribution in [0.1, 0.15) is 51.9 Å². The molecule has 0 saturated carbocycles. The van der Waals surface area contributed by atoms with Crippen LogP contribution in [0.3, 0.4) is 0 Å². The molecule has 0 aromatic heterocycles. The van der Waals surface area contributed by atoms with Gasteiger partial charge in [-0.15, -0.1) is 0 Å². The highest BCUT2D eigenvalue weighted by molar-refractivity contribution is 4.54. The highest BCUT2D eigenvalue weighted by Crippen LogP contribution is 2.06. The van der Waals surface area contributed by atoms with E-state index in [1.54, 1.807) is 0 Å². The number of unbranched alkanes of at least 4 members (excludes halogenated alkanes) is 5. The molecule has 0 fully saturated rings. The molecule has 0 saturated heterocycles. The SMILES string of the molecule is CCCCCCCCC(N)NC. The van der Waals surface area contributed by atoms with Crippen LogP contribution in [0, 0.1) is 0 Å². The first-order chi connectivity index (χ1) is 5.81. The molecule has 74 valence electrons. The molecule has 2 nitrogen and oxygen atoms in total. The summed E-state index contributed by atoms with van der Waals surface area (Å²) >= 11 is 0. The first kappa shape index (κ1) is 11.9. The van der Waals surface area contributed by atoms with Crippen molar-refractivity contribution < 1.29 is 0 Å². The van der Waals surface area contributed by atoms with Gasteiger partial charge in [0, 0.05) is 0 Å². The monoisotopic (exact) mass is 172 g/mol. The fourth-order valence-corrected chi connectivity index (χ4v) is 1.29. The van der Waals surface area contributed by atoms with Crippen molar-refractivity contribution in [2.45, 2.75) is 58.0 Å². The van der Waals surface area contributed by atoms with Crippen LogP contribution in [-0.4, -0.2) is 13.2 Å². The van der Waals surface area contributed by atoms with Gasteiger partial charge < -0.3 is 11.1 Å². The van der Waals surface area contributed by atoms with Gasteiger partial charge in [-0.3, -0.25) is 0 Å². The van der Waals surface area contributed by atoms with Crippen LogP contribution in [0.2, 0.25) is 0 Å². The predicted octanol–water partition coefficient (Wildman–Crippen LogP) is 2.24. The lowest BCUT2D eigenvalue weighted by molar-refractivity contribution is 0.494. The normalized spacial score (nSPS) is 13.2. The zero-order chi connectivity index (χ0) is 9.23. The summed E-state index contributed by atoms with van der Waals surface area (Å²) in [5.74, 6) is 0. The van der Waals surface area contributed by atoms with Gasteiger partial charge >= 0.3 is 0 Å². The fraction of sp³-hybridized carbons (Fsp3) is 1.00. The van der Waals surface area contributed by atoms with Crippen molar-refractivity contribution in [1.29, 1.82) is 0 Å². The molecule has 0 aliphatic rings. The molecule has 0 aliphatic carbocycles. The van der Waals surface area contributed by atoms with Gasteiger partial charge in [0.2, 0.25) is 0 Å². The van der Waals surface area contributed by atoms with Crippen LogP contribution in [0.4, 0.5) is 0 Å². The lowest BCUT2D eigenvalue weighted by atomic mass is 10.1. The Labute approximate surface area is 76.9 Å². The predicted molar refractivity (Wildman–Crippen MR) is 55.0 cm³/mol. The molecule has 1 atom stereocenters. The topological polar surface area (TPSA) is 38.0 Å². The van der Waals surface area contributed by atoms with Gasteiger partial charge in [0.25, 0.3) is 0 Å². The van der Waals surface area contributed by atoms with E-state index in [1.807, 2.05) is 7.05 Å². The molecule has 0 spiro atoms. The van der Waals surface area contributed by atoms with Gasteiger partial charge in [0.05, 0.1) is 6.17 Å². The number of hydrogen-bond donors (Lipinski definition) is 2. The number of nitrogens with two attached hydrogens (primary N) is 1. The van der Waals surface area contributed by atoms with Gasteiger partial charge in [-0.05, 0) is 13.5 Å². The summed E-state index contributed by atoms with van der Waals surface area (Å²) < 4.78 is 0. The maximum Gasteiger partial charge on any atom is 0.0543 e. The molecule has 0 aromatic rings. The Morgan fingerprint density at radius 3 is 2.25 bits per heavy atom. The van der Waals surface area contributed by atoms with Crippen LogP contribution in [0.15, 0.2) is 0 Å². The average Bonchev–Trinajstić information content (AvgIpc) is 2.10. The van der Waals surface area contributed by atoms with Crippen molar-refractivity contribution in [3.63, 3.8) is 0 Å². The molecule has 12 heavy (non-hydrogen) atoms. The quantitative estimate of drug-likeness (QED) is 0.435. The van der Waals surface area contributed by atoms with Crippen molar-refractivity contribution in [3.05, 3.63) is 0 Å². The third-order valence-corrected chi connectivity index (χ3v) is 2.24. The second-order valence-corrected chi connectivity index (χ2v) is 3.45. The van der Waals surface area contributed by atoms with E-state index in [4.69, 9.17) is 5.73 Å². The lowest BCUT2D eigenvalue weighted by Gasteiger charge is -2.08. The Kier molecular flexibility index (Phi) is 8.95. The molecule has 0 aliphatic heterocycles. The molecule has 0 heterocycles. The Morgan fingerprint density at radius 2 is 1.67 bits per heavy atom. The first-order valence-electron chi connectivity index (χ1n) is 5.24. The summed E-state index contributed by atoms with van der Waals surface area (Å²) in [6.45, 7) is 2.25. The third-order valence-electron chi connectivity index (χ3n) is 2.24. The second kappa shape index (κ2) is 9.01. The minimum Gasteiger partial charge on any atom is -0.316 e. The summed E-state index contributed by atoms with van der Waals surface area (Å²) in [7, 11) is 1.92. The molecule has 0 radical (unpaired) electrons. The molecule has 0 aromatic carbocycles. The molecule has 1 unspecified atom stereocenters. The number of nitrogens with one attached hydrogen (secondary N) is 1. The summed E-state index contributed by atoms with van der Waals surface area (Å²) in [4.78, 5) is 0. The van der Waals surface area contributed by atoms with Crippen LogP contribution in [0.5, 0.6) is 0 Å². The summed E-state index contributed by atoms with van der Waals surface area (Å²) in [5.41, 5.74) is 5.70. The van der Waals surface area contributed by atoms with E-state index in [0.717, 1.165) is 6.42 Å². The Hall–Kier alpha value is -0.0800. The lowest BCUT2D eigenvalue weighted by Crippen LogP contribution is -2.33. The first-order valence-corrected chi connectivity index (χ1v) is 5.24. The van der Waals surface area contributed by atoms with Crippen LogP contribution in [0.25, 0.3) is 0 Å². The number of rotatable bonds is 8. The van der Waals surface area contributed by atoms with Crippen molar-refractivity contribution in [2.24, 2.45) is 5.73 Å².